The van der Waals surface area contributed by atoms with Crippen LogP contribution in [0.1, 0.15) is 12.8 Å². The largest absolute Gasteiger partial charge is 0.481 e. The van der Waals surface area contributed by atoms with E-state index in [1.165, 1.54) is 0 Å². The first-order valence-electron chi connectivity index (χ1n) is 3.47. The highest BCUT2D eigenvalue weighted by atomic mass is 16.5. The lowest BCUT2D eigenvalue weighted by atomic mass is 9.82. The first-order valence-corrected chi connectivity index (χ1v) is 3.47. The maximum atomic E-state index is 10.6. The number of methoxy groups -OCH3 is 1. The third kappa shape index (κ3) is 0.475. The van der Waals surface area contributed by atoms with Crippen LogP contribution in [0.25, 0.3) is 0 Å². The van der Waals surface area contributed by atoms with Crippen LogP contribution < -0.4 is 0 Å². The Morgan fingerprint density at radius 1 is 1.70 bits per heavy atom. The molecule has 10 heavy (non-hydrogen) atoms. The Kier molecular flexibility index (Phi) is 0.944. The molecule has 2 rings (SSSR count). The Morgan fingerprint density at radius 3 is 2.70 bits per heavy atom. The molecule has 3 heteroatoms. The predicted molar refractivity (Wildman–Crippen MR) is 33.6 cm³/mol. The van der Waals surface area contributed by atoms with Crippen molar-refractivity contribution >= 4 is 5.97 Å². The number of ether oxygens (including phenoxy) is 1. The summed E-state index contributed by atoms with van der Waals surface area (Å²) in [4.78, 5) is 10.6. The second-order valence-electron chi connectivity index (χ2n) is 3.25. The van der Waals surface area contributed by atoms with Crippen molar-refractivity contribution < 1.29 is 14.6 Å². The van der Waals surface area contributed by atoms with Gasteiger partial charge in [-0.15, -0.1) is 0 Å². The maximum Gasteiger partial charge on any atom is 0.310 e. The molecule has 0 unspecified atom stereocenters. The normalized spacial score (nSPS) is 49.3. The van der Waals surface area contributed by atoms with E-state index in [2.05, 4.69) is 0 Å². The minimum atomic E-state index is -0.634. The van der Waals surface area contributed by atoms with E-state index in [1.807, 2.05) is 0 Å². The number of fused-ring (bicyclic) bond motifs is 1. The zero-order valence-electron chi connectivity index (χ0n) is 5.83. The summed E-state index contributed by atoms with van der Waals surface area (Å²) in [7, 11) is 1.65. The zero-order valence-corrected chi connectivity index (χ0v) is 5.83. The van der Waals surface area contributed by atoms with Gasteiger partial charge < -0.3 is 9.84 Å². The number of carbonyl (C=O) groups is 1. The molecule has 2 aliphatic carbocycles. The van der Waals surface area contributed by atoms with E-state index in [0.29, 0.717) is 5.92 Å². The van der Waals surface area contributed by atoms with Crippen LogP contribution in [0.4, 0.5) is 0 Å². The van der Waals surface area contributed by atoms with Gasteiger partial charge >= 0.3 is 5.97 Å². The van der Waals surface area contributed by atoms with Gasteiger partial charge in [-0.2, -0.15) is 0 Å². The molecule has 3 atom stereocenters. The van der Waals surface area contributed by atoms with Crippen molar-refractivity contribution in [3.63, 3.8) is 0 Å². The summed E-state index contributed by atoms with van der Waals surface area (Å²) in [6.07, 6.45) is 1.79. The Balaban J connectivity index is 2.01. The maximum absolute atomic E-state index is 10.6. The summed E-state index contributed by atoms with van der Waals surface area (Å²) >= 11 is 0. The highest BCUT2D eigenvalue weighted by molar-refractivity contribution is 5.80. The fraction of sp³-hybridized carbons (Fsp3) is 0.857. The molecule has 0 saturated heterocycles. The highest BCUT2D eigenvalue weighted by Gasteiger charge is 2.72. The first kappa shape index (κ1) is 6.16. The van der Waals surface area contributed by atoms with E-state index in [4.69, 9.17) is 9.84 Å². The van der Waals surface area contributed by atoms with E-state index >= 15 is 0 Å². The average Bonchev–Trinajstić information content (AvgIpc) is 2.40. The van der Waals surface area contributed by atoms with Gasteiger partial charge in [0, 0.05) is 13.0 Å². The lowest BCUT2D eigenvalue weighted by Gasteiger charge is -2.29. The van der Waals surface area contributed by atoms with Crippen LogP contribution in [0.5, 0.6) is 0 Å². The molecule has 56 valence electrons. The van der Waals surface area contributed by atoms with Gasteiger partial charge in [-0.05, 0) is 12.8 Å². The van der Waals surface area contributed by atoms with Crippen molar-refractivity contribution in [2.75, 3.05) is 7.11 Å². The molecule has 2 saturated carbocycles. The molecule has 0 heterocycles. The SMILES string of the molecule is CO[C@@H]1C[C@@]2(C(=O)O)C[C@@H]12. The standard InChI is InChI=1S/C7H10O3/c1-10-5-3-7(6(8)9)2-4(5)7/h4-5H,2-3H2,1H3,(H,8,9)/t4-,5+,7-/m0/s1. The van der Waals surface area contributed by atoms with Crippen LogP contribution in [0.3, 0.4) is 0 Å². The molecule has 1 N–H and O–H groups in total. The summed E-state index contributed by atoms with van der Waals surface area (Å²) in [5.74, 6) is -0.305. The molecule has 0 aromatic rings. The van der Waals surface area contributed by atoms with Crippen LogP contribution in [0.15, 0.2) is 0 Å². The van der Waals surface area contributed by atoms with Gasteiger partial charge in [0.1, 0.15) is 0 Å². The lowest BCUT2D eigenvalue weighted by molar-refractivity contribution is -0.151. The smallest absolute Gasteiger partial charge is 0.310 e. The predicted octanol–water partition coefficient (Wildman–Crippen LogP) is 0.496. The van der Waals surface area contributed by atoms with E-state index < -0.39 is 5.97 Å². The minimum absolute atomic E-state index is 0.232. The quantitative estimate of drug-likeness (QED) is 0.610. The fourth-order valence-corrected chi connectivity index (χ4v) is 1.98. The Hall–Kier alpha value is -0.570. The summed E-state index contributed by atoms with van der Waals surface area (Å²) < 4.78 is 5.05. The molecule has 0 bridgehead atoms. The monoisotopic (exact) mass is 142 g/mol. The van der Waals surface area contributed by atoms with Crippen LogP contribution in [-0.4, -0.2) is 24.3 Å². The van der Waals surface area contributed by atoms with E-state index in [1.54, 1.807) is 7.11 Å². The van der Waals surface area contributed by atoms with E-state index in [0.717, 1.165) is 12.8 Å². The lowest BCUT2D eigenvalue weighted by Crippen LogP contribution is -2.37. The second-order valence-corrected chi connectivity index (χ2v) is 3.25. The Morgan fingerprint density at radius 2 is 2.40 bits per heavy atom. The van der Waals surface area contributed by atoms with Crippen LogP contribution in [-0.2, 0) is 9.53 Å². The van der Waals surface area contributed by atoms with Gasteiger partial charge in [0.25, 0.3) is 0 Å². The molecule has 0 aromatic carbocycles. The van der Waals surface area contributed by atoms with Gasteiger partial charge in [0.05, 0.1) is 11.5 Å². The molecule has 0 aliphatic heterocycles. The van der Waals surface area contributed by atoms with Crippen LogP contribution in [0.2, 0.25) is 0 Å². The molecule has 3 nitrogen and oxygen atoms in total. The average molecular weight is 142 g/mol. The first-order chi connectivity index (χ1) is 4.70. The van der Waals surface area contributed by atoms with E-state index in [9.17, 15) is 4.79 Å². The van der Waals surface area contributed by atoms with Crippen LogP contribution in [0, 0.1) is 11.3 Å². The molecular formula is C7H10O3. The van der Waals surface area contributed by atoms with Gasteiger partial charge in [-0.3, -0.25) is 4.79 Å². The van der Waals surface area contributed by atoms with Crippen molar-refractivity contribution in [2.24, 2.45) is 11.3 Å². The van der Waals surface area contributed by atoms with Gasteiger partial charge in [-0.25, -0.2) is 0 Å². The summed E-state index contributed by atoms with van der Waals surface area (Å²) in [5.41, 5.74) is -0.347. The summed E-state index contributed by atoms with van der Waals surface area (Å²) in [5, 5.41) is 8.69. The van der Waals surface area contributed by atoms with Gasteiger partial charge in [-0.1, -0.05) is 0 Å². The number of carboxylic acids is 1. The molecule has 2 fully saturated rings. The number of carboxylic acid groups (broad SMARTS) is 1. The molecule has 0 aromatic heterocycles. The van der Waals surface area contributed by atoms with Crippen molar-refractivity contribution in [1.29, 1.82) is 0 Å². The molecule has 0 spiro atoms. The Bertz CT molecular complexity index is 189. The van der Waals surface area contributed by atoms with E-state index in [-0.39, 0.29) is 11.5 Å². The molecule has 0 radical (unpaired) electrons. The number of hydrogen-bond donors (Lipinski definition) is 1. The number of aliphatic carboxylic acids is 1. The number of hydrogen-bond acceptors (Lipinski definition) is 2. The van der Waals surface area contributed by atoms with Crippen LogP contribution >= 0.6 is 0 Å². The second kappa shape index (κ2) is 1.53. The molecule has 0 amide bonds. The highest BCUT2D eigenvalue weighted by Crippen LogP contribution is 2.68. The van der Waals surface area contributed by atoms with Gasteiger partial charge in [0.2, 0.25) is 0 Å². The van der Waals surface area contributed by atoms with Gasteiger partial charge in [0.15, 0.2) is 0 Å². The zero-order chi connectivity index (χ0) is 7.35. The topological polar surface area (TPSA) is 46.5 Å². The number of rotatable bonds is 2. The van der Waals surface area contributed by atoms with Crippen molar-refractivity contribution in [2.45, 2.75) is 18.9 Å². The molecule has 2 aliphatic rings. The minimum Gasteiger partial charge on any atom is -0.481 e. The molecular weight excluding hydrogens is 132 g/mol. The fourth-order valence-electron chi connectivity index (χ4n) is 1.98. The summed E-state index contributed by atoms with van der Waals surface area (Å²) in [6.45, 7) is 0. The van der Waals surface area contributed by atoms with Crippen molar-refractivity contribution in [3.05, 3.63) is 0 Å². The Labute approximate surface area is 59.0 Å². The summed E-state index contributed by atoms with van der Waals surface area (Å²) in [6, 6.07) is 0. The third-order valence-corrected chi connectivity index (χ3v) is 2.88. The van der Waals surface area contributed by atoms with Crippen molar-refractivity contribution in [1.82, 2.24) is 0 Å². The third-order valence-electron chi connectivity index (χ3n) is 2.88. The van der Waals surface area contributed by atoms with Crippen molar-refractivity contribution in [3.8, 4) is 0 Å².